The number of alkyl halides is 3. The molecule has 1 aliphatic rings. The summed E-state index contributed by atoms with van der Waals surface area (Å²) >= 11 is 0. The van der Waals surface area contributed by atoms with Crippen LogP contribution in [0.5, 0.6) is 17.2 Å². The number of anilines is 1. The topological polar surface area (TPSA) is 56.8 Å². The SMILES string of the molecule is CCCOc1ccc(C(F)(F)F)cc1NC(=O)Cc1ccc2c(c1)OCCO2. The number of carbonyl (C=O) groups is 1. The number of fused-ring (bicyclic) bond motifs is 1. The van der Waals surface area contributed by atoms with Crippen molar-refractivity contribution in [2.45, 2.75) is 25.9 Å². The molecule has 5 nitrogen and oxygen atoms in total. The van der Waals surface area contributed by atoms with E-state index in [2.05, 4.69) is 5.32 Å². The lowest BCUT2D eigenvalue weighted by Gasteiger charge is -2.19. The maximum Gasteiger partial charge on any atom is 0.416 e. The van der Waals surface area contributed by atoms with Crippen LogP contribution < -0.4 is 19.5 Å². The summed E-state index contributed by atoms with van der Waals surface area (Å²) in [5.41, 5.74) is -0.207. The van der Waals surface area contributed by atoms with Crippen LogP contribution in [0.25, 0.3) is 0 Å². The molecule has 1 heterocycles. The number of benzene rings is 2. The van der Waals surface area contributed by atoms with Gasteiger partial charge in [-0.25, -0.2) is 0 Å². The van der Waals surface area contributed by atoms with Gasteiger partial charge in [0.05, 0.1) is 24.3 Å². The summed E-state index contributed by atoms with van der Waals surface area (Å²) in [5, 5.41) is 2.52. The van der Waals surface area contributed by atoms with E-state index in [1.54, 1.807) is 18.2 Å². The molecule has 8 heteroatoms. The number of rotatable bonds is 6. The Morgan fingerprint density at radius 1 is 1.11 bits per heavy atom. The highest BCUT2D eigenvalue weighted by atomic mass is 19.4. The molecule has 0 aromatic heterocycles. The summed E-state index contributed by atoms with van der Waals surface area (Å²) in [6.07, 6.45) is -3.86. The summed E-state index contributed by atoms with van der Waals surface area (Å²) in [4.78, 5) is 12.4. The second kappa shape index (κ2) is 8.41. The third-order valence-electron chi connectivity index (χ3n) is 4.01. The highest BCUT2D eigenvalue weighted by Crippen LogP contribution is 2.35. The van der Waals surface area contributed by atoms with Gasteiger partial charge in [-0.15, -0.1) is 0 Å². The zero-order chi connectivity index (χ0) is 20.1. The summed E-state index contributed by atoms with van der Waals surface area (Å²) in [7, 11) is 0. The van der Waals surface area contributed by atoms with E-state index in [1.807, 2.05) is 6.92 Å². The summed E-state index contributed by atoms with van der Waals surface area (Å²) in [6, 6.07) is 8.14. The zero-order valence-electron chi connectivity index (χ0n) is 15.3. The minimum absolute atomic E-state index is 0.00850. The molecule has 0 unspecified atom stereocenters. The number of hydrogen-bond donors (Lipinski definition) is 1. The smallest absolute Gasteiger partial charge is 0.416 e. The van der Waals surface area contributed by atoms with Gasteiger partial charge >= 0.3 is 6.18 Å². The van der Waals surface area contributed by atoms with Crippen molar-refractivity contribution >= 4 is 11.6 Å². The van der Waals surface area contributed by atoms with Gasteiger partial charge in [0.15, 0.2) is 11.5 Å². The van der Waals surface area contributed by atoms with Crippen molar-refractivity contribution in [2.75, 3.05) is 25.1 Å². The summed E-state index contributed by atoms with van der Waals surface area (Å²) in [6.45, 7) is 3.09. The molecule has 2 aromatic rings. The van der Waals surface area contributed by atoms with Gasteiger partial charge in [0.1, 0.15) is 19.0 Å². The lowest BCUT2D eigenvalue weighted by molar-refractivity contribution is -0.137. The van der Waals surface area contributed by atoms with Crippen LogP contribution in [0.1, 0.15) is 24.5 Å². The first-order chi connectivity index (χ1) is 13.4. The van der Waals surface area contributed by atoms with E-state index in [-0.39, 0.29) is 17.9 Å². The average Bonchev–Trinajstić information content (AvgIpc) is 2.66. The number of amides is 1. The predicted molar refractivity (Wildman–Crippen MR) is 97.0 cm³/mol. The maximum atomic E-state index is 13.0. The first-order valence-electron chi connectivity index (χ1n) is 8.89. The molecule has 0 radical (unpaired) electrons. The molecule has 0 aliphatic carbocycles. The Labute approximate surface area is 160 Å². The summed E-state index contributed by atoms with van der Waals surface area (Å²) < 4.78 is 55.4. The Morgan fingerprint density at radius 3 is 2.57 bits per heavy atom. The fourth-order valence-electron chi connectivity index (χ4n) is 2.72. The zero-order valence-corrected chi connectivity index (χ0v) is 15.3. The standard InChI is InChI=1S/C20H20F3NO4/c1-2-7-26-16-6-4-14(20(21,22)23)12-15(16)24-19(25)11-13-3-5-17-18(10-13)28-9-8-27-17/h3-6,10,12H,2,7-9,11H2,1H3,(H,24,25). The maximum absolute atomic E-state index is 13.0. The van der Waals surface area contributed by atoms with Gasteiger partial charge in [0.25, 0.3) is 0 Å². The van der Waals surface area contributed by atoms with Gasteiger partial charge in [0.2, 0.25) is 5.91 Å². The molecule has 1 amide bonds. The van der Waals surface area contributed by atoms with E-state index in [9.17, 15) is 18.0 Å². The Balaban J connectivity index is 1.76. The Bertz CT molecular complexity index is 852. The molecule has 0 saturated heterocycles. The van der Waals surface area contributed by atoms with Crippen molar-refractivity contribution in [3.05, 3.63) is 47.5 Å². The van der Waals surface area contributed by atoms with Gasteiger partial charge in [0, 0.05) is 0 Å². The molecular weight excluding hydrogens is 375 g/mol. The Morgan fingerprint density at radius 2 is 1.86 bits per heavy atom. The minimum Gasteiger partial charge on any atom is -0.491 e. The second-order valence-corrected chi connectivity index (χ2v) is 6.26. The molecule has 2 aromatic carbocycles. The van der Waals surface area contributed by atoms with Crippen molar-refractivity contribution in [1.29, 1.82) is 0 Å². The number of hydrogen-bond acceptors (Lipinski definition) is 4. The van der Waals surface area contributed by atoms with Crippen LogP contribution in [0.15, 0.2) is 36.4 Å². The normalized spacial score (nSPS) is 13.1. The fourth-order valence-corrected chi connectivity index (χ4v) is 2.72. The quantitative estimate of drug-likeness (QED) is 0.785. The highest BCUT2D eigenvalue weighted by Gasteiger charge is 2.31. The molecular formula is C20H20F3NO4. The van der Waals surface area contributed by atoms with Gasteiger partial charge < -0.3 is 19.5 Å². The van der Waals surface area contributed by atoms with Crippen LogP contribution >= 0.6 is 0 Å². The predicted octanol–water partition coefficient (Wildman–Crippen LogP) is 4.45. The fraction of sp³-hybridized carbons (Fsp3) is 0.350. The van der Waals surface area contributed by atoms with E-state index in [0.717, 1.165) is 12.1 Å². The lowest BCUT2D eigenvalue weighted by atomic mass is 10.1. The molecule has 0 atom stereocenters. The molecule has 0 bridgehead atoms. The molecule has 0 saturated carbocycles. The third-order valence-corrected chi connectivity index (χ3v) is 4.01. The van der Waals surface area contributed by atoms with Gasteiger partial charge in [-0.05, 0) is 42.3 Å². The number of halogens is 3. The molecule has 3 rings (SSSR count). The van der Waals surface area contributed by atoms with Crippen LogP contribution in [0, 0.1) is 0 Å². The van der Waals surface area contributed by atoms with Crippen LogP contribution in [-0.2, 0) is 17.4 Å². The van der Waals surface area contributed by atoms with E-state index in [4.69, 9.17) is 14.2 Å². The van der Waals surface area contributed by atoms with Crippen LogP contribution in [0.2, 0.25) is 0 Å². The van der Waals surface area contributed by atoms with Crippen molar-refractivity contribution in [3.63, 3.8) is 0 Å². The highest BCUT2D eigenvalue weighted by molar-refractivity contribution is 5.94. The van der Waals surface area contributed by atoms with Crippen LogP contribution in [-0.4, -0.2) is 25.7 Å². The number of ether oxygens (including phenoxy) is 3. The largest absolute Gasteiger partial charge is 0.491 e. The van der Waals surface area contributed by atoms with Gasteiger partial charge in [-0.2, -0.15) is 13.2 Å². The van der Waals surface area contributed by atoms with Gasteiger partial charge in [-0.1, -0.05) is 13.0 Å². The van der Waals surface area contributed by atoms with E-state index in [0.29, 0.717) is 43.3 Å². The van der Waals surface area contributed by atoms with Gasteiger partial charge in [-0.3, -0.25) is 4.79 Å². The van der Waals surface area contributed by atoms with Crippen LogP contribution in [0.3, 0.4) is 0 Å². The Hall–Kier alpha value is -2.90. The molecule has 28 heavy (non-hydrogen) atoms. The molecule has 150 valence electrons. The van der Waals surface area contributed by atoms with E-state index >= 15 is 0 Å². The molecule has 0 fully saturated rings. The Kier molecular flexibility index (Phi) is 5.96. The van der Waals surface area contributed by atoms with Crippen molar-refractivity contribution in [3.8, 4) is 17.2 Å². The minimum atomic E-state index is -4.52. The molecule has 1 aliphatic heterocycles. The second-order valence-electron chi connectivity index (χ2n) is 6.26. The lowest BCUT2D eigenvalue weighted by Crippen LogP contribution is -2.18. The number of carbonyl (C=O) groups excluding carboxylic acids is 1. The molecule has 0 spiro atoms. The first kappa shape index (κ1) is 19.9. The van der Waals surface area contributed by atoms with E-state index in [1.165, 1.54) is 6.07 Å². The number of nitrogens with one attached hydrogen (secondary N) is 1. The summed E-state index contributed by atoms with van der Waals surface area (Å²) in [5.74, 6) is 0.883. The van der Waals surface area contributed by atoms with Crippen molar-refractivity contribution in [1.82, 2.24) is 0 Å². The van der Waals surface area contributed by atoms with E-state index < -0.39 is 17.6 Å². The van der Waals surface area contributed by atoms with Crippen LogP contribution in [0.4, 0.5) is 18.9 Å². The van der Waals surface area contributed by atoms with Crippen molar-refractivity contribution < 1.29 is 32.2 Å². The van der Waals surface area contributed by atoms with Crippen molar-refractivity contribution in [2.24, 2.45) is 0 Å². The third kappa shape index (κ3) is 4.88. The average molecular weight is 395 g/mol. The monoisotopic (exact) mass is 395 g/mol. The first-order valence-corrected chi connectivity index (χ1v) is 8.89. The molecule has 1 N–H and O–H groups in total.